The van der Waals surface area contributed by atoms with Crippen molar-refractivity contribution in [3.63, 3.8) is 0 Å². The lowest BCUT2D eigenvalue weighted by Crippen LogP contribution is -2.12. The zero-order valence-corrected chi connectivity index (χ0v) is 8.85. The average Bonchev–Trinajstić information content (AvgIpc) is 2.28. The Balaban J connectivity index is 2.47. The van der Waals surface area contributed by atoms with Crippen LogP contribution in [0.1, 0.15) is 25.3 Å². The number of benzene rings is 1. The summed E-state index contributed by atoms with van der Waals surface area (Å²) in [7, 11) is 0. The molecule has 0 aliphatic carbocycles. The van der Waals surface area contributed by atoms with Gasteiger partial charge in [0.25, 0.3) is 0 Å². The largest absolute Gasteiger partial charge is 0.382 e. The van der Waals surface area contributed by atoms with Crippen LogP contribution < -0.4 is 5.32 Å². The molecule has 1 N–H and O–H groups in total. The summed E-state index contributed by atoms with van der Waals surface area (Å²) in [5.74, 6) is 0.632. The molecular weight excluding hydrogens is 214 g/mol. The Kier molecular flexibility index (Phi) is 1.87. The van der Waals surface area contributed by atoms with Crippen LogP contribution in [0.5, 0.6) is 0 Å². The Hall–Kier alpha value is -0.500. The summed E-state index contributed by atoms with van der Waals surface area (Å²) < 4.78 is 1.15. The van der Waals surface area contributed by atoms with E-state index in [-0.39, 0.29) is 0 Å². The molecule has 0 bridgehead atoms. The Morgan fingerprint density at radius 3 is 2.83 bits per heavy atom. The lowest BCUT2D eigenvalue weighted by Gasteiger charge is -2.08. The summed E-state index contributed by atoms with van der Waals surface area (Å²) in [5, 5.41) is 3.46. The van der Waals surface area contributed by atoms with Crippen LogP contribution in [0.25, 0.3) is 0 Å². The molecule has 1 heterocycles. The zero-order chi connectivity index (χ0) is 8.72. The van der Waals surface area contributed by atoms with Crippen molar-refractivity contribution in [1.29, 1.82) is 0 Å². The second kappa shape index (κ2) is 2.77. The predicted molar refractivity (Wildman–Crippen MR) is 55.6 cm³/mol. The van der Waals surface area contributed by atoms with Crippen molar-refractivity contribution in [3.05, 3.63) is 28.2 Å². The molecule has 0 amide bonds. The number of hydrogen-bond acceptors (Lipinski definition) is 1. The summed E-state index contributed by atoms with van der Waals surface area (Å²) in [6, 6.07) is 7.01. The van der Waals surface area contributed by atoms with Crippen LogP contribution in [-0.4, -0.2) is 6.04 Å². The molecule has 0 radical (unpaired) electrons. The number of halogens is 1. The highest BCUT2D eigenvalue weighted by Gasteiger charge is 2.24. The van der Waals surface area contributed by atoms with E-state index < -0.39 is 0 Å². The molecule has 0 aromatic heterocycles. The smallest absolute Gasteiger partial charge is 0.0389 e. The first-order chi connectivity index (χ1) is 5.68. The molecule has 2 unspecified atom stereocenters. The highest BCUT2D eigenvalue weighted by Crippen LogP contribution is 2.36. The van der Waals surface area contributed by atoms with E-state index in [0.29, 0.717) is 12.0 Å². The van der Waals surface area contributed by atoms with Gasteiger partial charge in [0, 0.05) is 22.1 Å². The van der Waals surface area contributed by atoms with Gasteiger partial charge in [-0.25, -0.2) is 0 Å². The maximum absolute atomic E-state index is 3.46. The normalized spacial score (nSPS) is 26.6. The lowest BCUT2D eigenvalue weighted by atomic mass is 9.99. The molecule has 1 nitrogen and oxygen atoms in total. The second-order valence-electron chi connectivity index (χ2n) is 3.45. The quantitative estimate of drug-likeness (QED) is 0.715. The first kappa shape index (κ1) is 8.11. The van der Waals surface area contributed by atoms with Crippen LogP contribution in [0.3, 0.4) is 0 Å². The van der Waals surface area contributed by atoms with Gasteiger partial charge in [0.1, 0.15) is 0 Å². The Bertz CT molecular complexity index is 309. The van der Waals surface area contributed by atoms with Gasteiger partial charge in [-0.05, 0) is 24.6 Å². The second-order valence-corrected chi connectivity index (χ2v) is 4.37. The molecule has 0 fully saturated rings. The highest BCUT2D eigenvalue weighted by molar-refractivity contribution is 9.10. The minimum Gasteiger partial charge on any atom is -0.382 e. The van der Waals surface area contributed by atoms with Gasteiger partial charge < -0.3 is 5.32 Å². The fourth-order valence-corrected chi connectivity index (χ4v) is 2.05. The van der Waals surface area contributed by atoms with Gasteiger partial charge in [0.2, 0.25) is 0 Å². The van der Waals surface area contributed by atoms with Crippen molar-refractivity contribution in [2.24, 2.45) is 0 Å². The van der Waals surface area contributed by atoms with E-state index in [2.05, 4.69) is 53.3 Å². The minimum absolute atomic E-state index is 0.564. The number of anilines is 1. The van der Waals surface area contributed by atoms with Crippen molar-refractivity contribution >= 4 is 21.6 Å². The summed E-state index contributed by atoms with van der Waals surface area (Å²) in [5.41, 5.74) is 2.72. The van der Waals surface area contributed by atoms with E-state index in [1.807, 2.05) is 0 Å². The number of rotatable bonds is 0. The summed E-state index contributed by atoms with van der Waals surface area (Å²) in [4.78, 5) is 0. The highest BCUT2D eigenvalue weighted by atomic mass is 79.9. The van der Waals surface area contributed by atoms with Crippen molar-refractivity contribution in [1.82, 2.24) is 0 Å². The Labute approximate surface area is 81.3 Å². The Morgan fingerprint density at radius 2 is 2.08 bits per heavy atom. The number of fused-ring (bicyclic) bond motifs is 1. The summed E-state index contributed by atoms with van der Waals surface area (Å²) in [6.07, 6.45) is 0. The first-order valence-corrected chi connectivity index (χ1v) is 5.04. The molecule has 2 atom stereocenters. The van der Waals surface area contributed by atoms with Crippen molar-refractivity contribution in [2.75, 3.05) is 5.32 Å². The first-order valence-electron chi connectivity index (χ1n) is 4.24. The molecule has 12 heavy (non-hydrogen) atoms. The van der Waals surface area contributed by atoms with Gasteiger partial charge >= 0.3 is 0 Å². The zero-order valence-electron chi connectivity index (χ0n) is 7.26. The molecule has 1 aromatic rings. The van der Waals surface area contributed by atoms with E-state index in [0.717, 1.165) is 4.47 Å². The maximum Gasteiger partial charge on any atom is 0.0389 e. The van der Waals surface area contributed by atoms with Crippen molar-refractivity contribution < 1.29 is 0 Å². The molecular formula is C10H12BrN. The van der Waals surface area contributed by atoms with Crippen LogP contribution in [-0.2, 0) is 0 Å². The van der Waals surface area contributed by atoms with Crippen LogP contribution in [0.15, 0.2) is 22.7 Å². The van der Waals surface area contributed by atoms with Crippen LogP contribution in [0, 0.1) is 0 Å². The molecule has 0 saturated carbocycles. The summed E-state index contributed by atoms with van der Waals surface area (Å²) >= 11 is 3.46. The van der Waals surface area contributed by atoms with Gasteiger partial charge in [-0.3, -0.25) is 0 Å². The van der Waals surface area contributed by atoms with Gasteiger partial charge in [-0.1, -0.05) is 28.9 Å². The predicted octanol–water partition coefficient (Wildman–Crippen LogP) is 3.37. The van der Waals surface area contributed by atoms with Crippen LogP contribution in [0.4, 0.5) is 5.69 Å². The SMILES string of the molecule is CC1Nc2cc(Br)ccc2C1C. The van der Waals surface area contributed by atoms with Crippen molar-refractivity contribution in [2.45, 2.75) is 25.8 Å². The third-order valence-corrected chi connectivity index (χ3v) is 3.13. The van der Waals surface area contributed by atoms with E-state index >= 15 is 0 Å². The molecule has 1 aliphatic rings. The minimum atomic E-state index is 0.564. The van der Waals surface area contributed by atoms with Gasteiger partial charge in [0.15, 0.2) is 0 Å². The molecule has 64 valence electrons. The van der Waals surface area contributed by atoms with E-state index in [1.165, 1.54) is 11.3 Å². The summed E-state index contributed by atoms with van der Waals surface area (Å²) in [6.45, 7) is 4.48. The lowest BCUT2D eigenvalue weighted by molar-refractivity contribution is 0.690. The molecule has 1 aromatic carbocycles. The van der Waals surface area contributed by atoms with E-state index in [4.69, 9.17) is 0 Å². The molecule has 2 rings (SSSR count). The maximum atomic E-state index is 3.46. The molecule has 2 heteroatoms. The molecule has 1 aliphatic heterocycles. The van der Waals surface area contributed by atoms with Gasteiger partial charge in [-0.15, -0.1) is 0 Å². The number of nitrogens with one attached hydrogen (secondary N) is 1. The third-order valence-electron chi connectivity index (χ3n) is 2.64. The number of hydrogen-bond donors (Lipinski definition) is 1. The van der Waals surface area contributed by atoms with Crippen molar-refractivity contribution in [3.8, 4) is 0 Å². The average molecular weight is 226 g/mol. The van der Waals surface area contributed by atoms with Crippen LogP contribution in [0.2, 0.25) is 0 Å². The standard InChI is InChI=1S/C10H12BrN/c1-6-7(2)12-10-5-8(11)3-4-9(6)10/h3-7,12H,1-2H3. The third kappa shape index (κ3) is 1.14. The molecule has 0 saturated heterocycles. The van der Waals surface area contributed by atoms with E-state index in [9.17, 15) is 0 Å². The topological polar surface area (TPSA) is 12.0 Å². The van der Waals surface area contributed by atoms with Crippen LogP contribution >= 0.6 is 15.9 Å². The Morgan fingerprint density at radius 1 is 1.33 bits per heavy atom. The monoisotopic (exact) mass is 225 g/mol. The van der Waals surface area contributed by atoms with Gasteiger partial charge in [0.05, 0.1) is 0 Å². The molecule has 0 spiro atoms. The van der Waals surface area contributed by atoms with Gasteiger partial charge in [-0.2, -0.15) is 0 Å². The fourth-order valence-electron chi connectivity index (χ4n) is 1.69. The fraction of sp³-hybridized carbons (Fsp3) is 0.400. The van der Waals surface area contributed by atoms with E-state index in [1.54, 1.807) is 0 Å².